The summed E-state index contributed by atoms with van der Waals surface area (Å²) in [6, 6.07) is 7.16. The van der Waals surface area contributed by atoms with E-state index in [-0.39, 0.29) is 5.56 Å². The number of hydrogen-bond donors (Lipinski definition) is 1. The molecular formula is C19H22Cl2N4O. The number of anilines is 1. The van der Waals surface area contributed by atoms with E-state index in [1.54, 1.807) is 24.3 Å². The molecule has 5 nitrogen and oxygen atoms in total. The van der Waals surface area contributed by atoms with E-state index >= 15 is 0 Å². The first-order valence-electron chi connectivity index (χ1n) is 8.97. The van der Waals surface area contributed by atoms with Crippen molar-refractivity contribution >= 4 is 29.0 Å². The third-order valence-corrected chi connectivity index (χ3v) is 6.88. The van der Waals surface area contributed by atoms with E-state index in [1.165, 1.54) is 11.0 Å². The summed E-state index contributed by atoms with van der Waals surface area (Å²) >= 11 is 12.4. The van der Waals surface area contributed by atoms with Crippen LogP contribution in [0.25, 0.3) is 5.69 Å². The van der Waals surface area contributed by atoms with Gasteiger partial charge in [-0.25, -0.2) is 4.98 Å². The molecule has 0 bridgehead atoms. The van der Waals surface area contributed by atoms with Gasteiger partial charge in [0.1, 0.15) is 11.6 Å². The molecule has 138 valence electrons. The lowest BCUT2D eigenvalue weighted by Gasteiger charge is -2.52. The van der Waals surface area contributed by atoms with Gasteiger partial charge in [-0.05, 0) is 50.2 Å². The second kappa shape index (κ2) is 6.55. The Bertz CT molecular complexity index is 903. The Morgan fingerprint density at radius 3 is 2.54 bits per heavy atom. The maximum atomic E-state index is 12.8. The van der Waals surface area contributed by atoms with Gasteiger partial charge < -0.3 is 10.6 Å². The van der Waals surface area contributed by atoms with Gasteiger partial charge in [-0.15, -0.1) is 0 Å². The average Bonchev–Trinajstić information content (AvgIpc) is 2.63. The minimum absolute atomic E-state index is 0.155. The predicted molar refractivity (Wildman–Crippen MR) is 106 cm³/mol. The largest absolute Gasteiger partial charge is 0.356 e. The average molecular weight is 393 g/mol. The number of aromatic nitrogens is 2. The summed E-state index contributed by atoms with van der Waals surface area (Å²) in [6.45, 7) is 3.60. The van der Waals surface area contributed by atoms with Gasteiger partial charge in [0.2, 0.25) is 0 Å². The van der Waals surface area contributed by atoms with Crippen LogP contribution in [0.15, 0.2) is 29.1 Å². The normalized spacial score (nSPS) is 21.7. The van der Waals surface area contributed by atoms with Crippen LogP contribution in [0, 0.1) is 12.3 Å². The molecule has 1 aliphatic carbocycles. The van der Waals surface area contributed by atoms with Gasteiger partial charge in [-0.3, -0.25) is 9.36 Å². The lowest BCUT2D eigenvalue weighted by Crippen LogP contribution is -2.56. The Morgan fingerprint density at radius 2 is 1.96 bits per heavy atom. The number of benzene rings is 1. The molecule has 0 radical (unpaired) electrons. The molecule has 1 spiro atoms. The highest BCUT2D eigenvalue weighted by Gasteiger charge is 2.46. The van der Waals surface area contributed by atoms with E-state index in [2.05, 4.69) is 9.88 Å². The van der Waals surface area contributed by atoms with E-state index in [0.717, 1.165) is 38.2 Å². The molecule has 1 atom stereocenters. The van der Waals surface area contributed by atoms with Gasteiger partial charge in [0.05, 0.1) is 15.7 Å². The molecule has 2 aromatic rings. The Kier molecular flexibility index (Phi) is 4.49. The zero-order valence-electron chi connectivity index (χ0n) is 14.7. The first kappa shape index (κ1) is 17.8. The summed E-state index contributed by atoms with van der Waals surface area (Å²) in [7, 11) is 0. The second-order valence-electron chi connectivity index (χ2n) is 7.40. The van der Waals surface area contributed by atoms with Crippen molar-refractivity contribution in [3.05, 3.63) is 50.5 Å². The summed E-state index contributed by atoms with van der Waals surface area (Å²) in [5, 5.41) is 0.769. The van der Waals surface area contributed by atoms with Gasteiger partial charge in [-0.2, -0.15) is 0 Å². The summed E-state index contributed by atoms with van der Waals surface area (Å²) in [4.78, 5) is 19.6. The fourth-order valence-corrected chi connectivity index (χ4v) is 4.60. The van der Waals surface area contributed by atoms with E-state index < -0.39 is 0 Å². The molecule has 1 unspecified atom stereocenters. The van der Waals surface area contributed by atoms with Crippen LogP contribution in [-0.4, -0.2) is 28.7 Å². The van der Waals surface area contributed by atoms with Crippen molar-refractivity contribution in [2.75, 3.05) is 18.0 Å². The van der Waals surface area contributed by atoms with Crippen LogP contribution in [0.2, 0.25) is 10.0 Å². The predicted octanol–water partition coefficient (Wildman–Crippen LogP) is 3.56. The van der Waals surface area contributed by atoms with E-state index in [0.29, 0.717) is 33.0 Å². The van der Waals surface area contributed by atoms with Crippen LogP contribution in [0.5, 0.6) is 0 Å². The minimum Gasteiger partial charge on any atom is -0.356 e. The van der Waals surface area contributed by atoms with Crippen molar-refractivity contribution in [1.82, 2.24) is 9.55 Å². The number of nitrogens with two attached hydrogens (primary N) is 1. The Hall–Kier alpha value is -1.56. The molecule has 4 rings (SSSR count). The molecule has 0 amide bonds. The van der Waals surface area contributed by atoms with Crippen LogP contribution >= 0.6 is 23.2 Å². The third-order valence-electron chi connectivity index (χ3n) is 6.07. The molecule has 26 heavy (non-hydrogen) atoms. The van der Waals surface area contributed by atoms with Crippen molar-refractivity contribution in [3.8, 4) is 5.69 Å². The minimum atomic E-state index is -0.155. The number of hydrogen-bond acceptors (Lipinski definition) is 4. The lowest BCUT2D eigenvalue weighted by molar-refractivity contribution is 0.0610. The van der Waals surface area contributed by atoms with E-state index in [1.807, 2.05) is 6.92 Å². The van der Waals surface area contributed by atoms with Gasteiger partial charge in [-0.1, -0.05) is 29.3 Å². The van der Waals surface area contributed by atoms with Crippen LogP contribution < -0.4 is 16.2 Å². The SMILES string of the molecule is Cc1nc(N2CCC3(CCC3N)CC2)cc(=O)n1-c1cccc(Cl)c1Cl. The number of rotatable bonds is 2. The second-order valence-corrected chi connectivity index (χ2v) is 8.19. The summed E-state index contributed by atoms with van der Waals surface area (Å²) in [5.41, 5.74) is 6.93. The first-order chi connectivity index (χ1) is 12.4. The monoisotopic (exact) mass is 392 g/mol. The Balaban J connectivity index is 1.63. The van der Waals surface area contributed by atoms with Crippen LogP contribution in [0.3, 0.4) is 0 Å². The van der Waals surface area contributed by atoms with Crippen LogP contribution in [-0.2, 0) is 0 Å². The highest BCUT2D eigenvalue weighted by atomic mass is 35.5. The molecule has 1 aromatic heterocycles. The molecule has 1 saturated carbocycles. The lowest BCUT2D eigenvalue weighted by atomic mass is 9.60. The van der Waals surface area contributed by atoms with Crippen molar-refractivity contribution in [1.29, 1.82) is 0 Å². The van der Waals surface area contributed by atoms with Crippen molar-refractivity contribution in [3.63, 3.8) is 0 Å². The van der Waals surface area contributed by atoms with Gasteiger partial charge in [0.25, 0.3) is 5.56 Å². The van der Waals surface area contributed by atoms with E-state index in [4.69, 9.17) is 28.9 Å². The van der Waals surface area contributed by atoms with Crippen molar-refractivity contribution < 1.29 is 0 Å². The number of aryl methyl sites for hydroxylation is 1. The number of piperidine rings is 1. The van der Waals surface area contributed by atoms with Crippen LogP contribution in [0.4, 0.5) is 5.82 Å². The summed E-state index contributed by atoms with van der Waals surface area (Å²) in [5.74, 6) is 1.32. The molecule has 2 N–H and O–H groups in total. The zero-order valence-corrected chi connectivity index (χ0v) is 16.2. The molecule has 2 fully saturated rings. The zero-order chi connectivity index (χ0) is 18.5. The quantitative estimate of drug-likeness (QED) is 0.848. The molecule has 1 saturated heterocycles. The first-order valence-corrected chi connectivity index (χ1v) is 9.72. The molecule has 7 heteroatoms. The molecule has 2 heterocycles. The highest BCUT2D eigenvalue weighted by Crippen LogP contribution is 2.48. The summed E-state index contributed by atoms with van der Waals surface area (Å²) in [6.07, 6.45) is 4.49. The molecule has 1 aliphatic heterocycles. The van der Waals surface area contributed by atoms with Crippen molar-refractivity contribution in [2.24, 2.45) is 11.1 Å². The maximum absolute atomic E-state index is 12.8. The van der Waals surface area contributed by atoms with Gasteiger partial charge >= 0.3 is 0 Å². The van der Waals surface area contributed by atoms with Gasteiger partial charge in [0.15, 0.2) is 0 Å². The highest BCUT2D eigenvalue weighted by molar-refractivity contribution is 6.43. The number of halogens is 2. The van der Waals surface area contributed by atoms with Crippen LogP contribution in [0.1, 0.15) is 31.5 Å². The maximum Gasteiger partial charge on any atom is 0.260 e. The standard InChI is InChI=1S/C19H22Cl2N4O/c1-12-23-16(24-9-7-19(8-10-24)6-5-15(19)22)11-17(26)25(12)14-4-2-3-13(20)18(14)21/h2-4,11,15H,5-10,22H2,1H3. The fraction of sp³-hybridized carbons (Fsp3) is 0.474. The summed E-state index contributed by atoms with van der Waals surface area (Å²) < 4.78 is 1.50. The molecule has 2 aliphatic rings. The van der Waals surface area contributed by atoms with E-state index in [9.17, 15) is 4.79 Å². The Labute approximate surface area is 162 Å². The number of nitrogens with zero attached hydrogens (tertiary/aromatic N) is 3. The third kappa shape index (κ3) is 2.82. The molecule has 1 aromatic carbocycles. The molecular weight excluding hydrogens is 371 g/mol. The Morgan fingerprint density at radius 1 is 1.23 bits per heavy atom. The van der Waals surface area contributed by atoms with Gasteiger partial charge in [0, 0.05) is 25.2 Å². The fourth-order valence-electron chi connectivity index (χ4n) is 4.22. The topological polar surface area (TPSA) is 64.2 Å². The smallest absolute Gasteiger partial charge is 0.260 e. The van der Waals surface area contributed by atoms with Crippen molar-refractivity contribution in [2.45, 2.75) is 38.6 Å².